The van der Waals surface area contributed by atoms with Gasteiger partial charge in [-0.3, -0.25) is 38.5 Å². The number of methoxy groups -OCH3 is 2. The maximum absolute atomic E-state index is 14.4. The van der Waals surface area contributed by atoms with Crippen molar-refractivity contribution in [3.05, 3.63) is 48.2 Å². The number of nitrogens with zero attached hydrogens (tertiary/aromatic N) is 4. The number of likely N-dealkylation sites (N-methyl/N-ethyl adjacent to an activating group) is 1. The van der Waals surface area contributed by atoms with Crippen LogP contribution in [0.1, 0.15) is 104 Å². The molecule has 4 heterocycles. The zero-order valence-electron chi connectivity index (χ0n) is 40.0. The smallest absolute Gasteiger partial charge is 0.269 e. The molecule has 16 nitrogen and oxygen atoms in total. The number of aromatic amines is 1. The van der Waals surface area contributed by atoms with Gasteiger partial charge in [0.25, 0.3) is 17.7 Å². The van der Waals surface area contributed by atoms with Crippen LogP contribution in [0, 0.1) is 17.8 Å². The lowest BCUT2D eigenvalue weighted by Crippen LogP contribution is -2.57. The Morgan fingerprint density at radius 3 is 2.32 bits per heavy atom. The molecule has 6 amide bonds. The molecular formula is C49H75N7O9. The van der Waals surface area contributed by atoms with Crippen molar-refractivity contribution >= 4 is 46.3 Å². The fourth-order valence-electron chi connectivity index (χ4n) is 9.76. The minimum absolute atomic E-state index is 0.000371. The van der Waals surface area contributed by atoms with E-state index in [0.29, 0.717) is 39.2 Å². The van der Waals surface area contributed by atoms with Crippen LogP contribution in [0.25, 0.3) is 10.9 Å². The molecule has 16 heteroatoms. The summed E-state index contributed by atoms with van der Waals surface area (Å²) >= 11 is 0. The van der Waals surface area contributed by atoms with Gasteiger partial charge in [-0.05, 0) is 68.5 Å². The van der Waals surface area contributed by atoms with Gasteiger partial charge in [-0.2, -0.15) is 0 Å². The average molecular weight is 906 g/mol. The summed E-state index contributed by atoms with van der Waals surface area (Å²) in [7, 11) is 4.95. The Labute approximate surface area is 385 Å². The van der Waals surface area contributed by atoms with Gasteiger partial charge in [0.05, 0.1) is 49.3 Å². The number of amides is 6. The van der Waals surface area contributed by atoms with Gasteiger partial charge in [0.15, 0.2) is 0 Å². The molecule has 3 aliphatic heterocycles. The number of benzene rings is 1. The quantitative estimate of drug-likeness (QED) is 0.0928. The van der Waals surface area contributed by atoms with Gasteiger partial charge >= 0.3 is 0 Å². The van der Waals surface area contributed by atoms with Crippen molar-refractivity contribution < 1.29 is 43.1 Å². The number of hydrogen-bond donors (Lipinski definition) is 3. The zero-order chi connectivity index (χ0) is 47.2. The van der Waals surface area contributed by atoms with Crippen molar-refractivity contribution in [2.75, 3.05) is 54.1 Å². The molecule has 0 aliphatic carbocycles. The summed E-state index contributed by atoms with van der Waals surface area (Å²) in [5.41, 5.74) is 1.85. The molecule has 2 aromatic rings. The molecule has 2 saturated heterocycles. The van der Waals surface area contributed by atoms with Crippen LogP contribution in [0.3, 0.4) is 0 Å². The van der Waals surface area contributed by atoms with E-state index in [0.717, 1.165) is 67.8 Å². The highest BCUT2D eigenvalue weighted by molar-refractivity contribution is 6.12. The predicted molar refractivity (Wildman–Crippen MR) is 248 cm³/mol. The fourth-order valence-corrected chi connectivity index (χ4v) is 9.76. The van der Waals surface area contributed by atoms with Crippen LogP contribution in [0.15, 0.2) is 42.6 Å². The summed E-state index contributed by atoms with van der Waals surface area (Å²) in [6, 6.07) is 5.73. The Morgan fingerprint density at radius 1 is 0.938 bits per heavy atom. The van der Waals surface area contributed by atoms with Gasteiger partial charge in [-0.25, -0.2) is 5.06 Å². The molecule has 0 bridgehead atoms. The minimum Gasteiger partial charge on any atom is -0.379 e. The number of hydrogen-bond acceptors (Lipinski definition) is 10. The highest BCUT2D eigenvalue weighted by atomic mass is 16.7. The van der Waals surface area contributed by atoms with Crippen LogP contribution in [0.5, 0.6) is 0 Å². The fraction of sp³-hybridized carbons (Fsp3) is 0.673. The Bertz CT molecular complexity index is 1930. The van der Waals surface area contributed by atoms with Crippen LogP contribution in [0.2, 0.25) is 0 Å². The van der Waals surface area contributed by atoms with Gasteiger partial charge in [-0.1, -0.05) is 72.1 Å². The predicted octanol–water partition coefficient (Wildman–Crippen LogP) is 4.77. The van der Waals surface area contributed by atoms with E-state index in [-0.39, 0.29) is 60.1 Å². The summed E-state index contributed by atoms with van der Waals surface area (Å²) in [6.45, 7) is 12.4. The number of carbonyl (C=O) groups excluding carboxylic acids is 6. The highest BCUT2D eigenvalue weighted by Crippen LogP contribution is 2.30. The van der Waals surface area contributed by atoms with Gasteiger partial charge in [0.1, 0.15) is 6.04 Å². The second kappa shape index (κ2) is 24.8. The molecule has 3 N–H and O–H groups in total. The first-order valence-electron chi connectivity index (χ1n) is 23.9. The molecule has 1 aromatic carbocycles. The molecule has 1 aromatic heterocycles. The molecule has 65 heavy (non-hydrogen) atoms. The lowest BCUT2D eigenvalue weighted by molar-refractivity contribution is -0.199. The monoisotopic (exact) mass is 906 g/mol. The lowest BCUT2D eigenvalue weighted by atomic mass is 9.89. The first-order valence-corrected chi connectivity index (χ1v) is 23.9. The number of fused-ring (bicyclic) bond motifs is 1. The van der Waals surface area contributed by atoms with E-state index in [1.165, 1.54) is 22.1 Å². The Kier molecular flexibility index (Phi) is 19.6. The average Bonchev–Trinajstić information content (AvgIpc) is 4.05. The van der Waals surface area contributed by atoms with Crippen LogP contribution in [-0.4, -0.2) is 151 Å². The van der Waals surface area contributed by atoms with Gasteiger partial charge in [0, 0.05) is 76.6 Å². The summed E-state index contributed by atoms with van der Waals surface area (Å²) in [5.74, 6) is -2.07. The van der Waals surface area contributed by atoms with Crippen molar-refractivity contribution in [3.8, 4) is 0 Å². The second-order valence-electron chi connectivity index (χ2n) is 18.4. The standard InChI is InChI=1S/C49H75N7O9/c1-9-33(4)45(53(6)49(62)44(32(2)3)50-24-14-10-11-15-25-55-41(57)22-23-42(55)58)40(63-7)30-43(59)54-26-18-21-39(54)46(64-8)34(5)47(60)52-38(48(61)56-27-16-17-28-65-56)29-35-31-51-37-20-13-12-19-36(35)37/h12-13,19-20,22-23,31-34,38-40,44-46,50-51H,9-11,14-18,21,24-30H2,1-8H3,(H,52,60)/t33-,34+,38-,39-,40+,44-,45-,46+/m0/s1. The van der Waals surface area contributed by atoms with Gasteiger partial charge in [-0.15, -0.1) is 0 Å². The first-order chi connectivity index (χ1) is 31.2. The molecule has 5 rings (SSSR count). The number of nitrogens with one attached hydrogen (secondary N) is 3. The molecule has 0 unspecified atom stereocenters. The second-order valence-corrected chi connectivity index (χ2v) is 18.4. The van der Waals surface area contributed by atoms with Crippen LogP contribution in [0.4, 0.5) is 0 Å². The molecular weight excluding hydrogens is 831 g/mol. The Balaban J connectivity index is 1.21. The summed E-state index contributed by atoms with van der Waals surface area (Å²) < 4.78 is 12.2. The molecule has 0 saturated carbocycles. The van der Waals surface area contributed by atoms with Crippen LogP contribution < -0.4 is 10.6 Å². The van der Waals surface area contributed by atoms with E-state index in [1.807, 2.05) is 49.2 Å². The van der Waals surface area contributed by atoms with Gasteiger partial charge in [0.2, 0.25) is 17.7 Å². The molecule has 3 aliphatic rings. The molecule has 0 spiro atoms. The first kappa shape index (κ1) is 51.3. The molecule has 8 atom stereocenters. The number of hydroxylamine groups is 2. The third kappa shape index (κ3) is 13.0. The van der Waals surface area contributed by atoms with Crippen LogP contribution in [-0.2, 0) is 49.5 Å². The van der Waals surface area contributed by atoms with Crippen LogP contribution >= 0.6 is 0 Å². The number of rotatable bonds is 25. The van der Waals surface area contributed by atoms with E-state index in [4.69, 9.17) is 14.3 Å². The van der Waals surface area contributed by atoms with Crippen molar-refractivity contribution in [3.63, 3.8) is 0 Å². The topological polar surface area (TPSA) is 183 Å². The summed E-state index contributed by atoms with van der Waals surface area (Å²) in [6.07, 6.45) is 10.7. The lowest BCUT2D eigenvalue weighted by Gasteiger charge is -2.41. The third-order valence-corrected chi connectivity index (χ3v) is 13.7. The largest absolute Gasteiger partial charge is 0.379 e. The van der Waals surface area contributed by atoms with Crippen molar-refractivity contribution in [2.24, 2.45) is 17.8 Å². The summed E-state index contributed by atoms with van der Waals surface area (Å²) in [5, 5.41) is 8.89. The number of likely N-dealkylation sites (tertiary alicyclic amines) is 1. The van der Waals surface area contributed by atoms with E-state index in [9.17, 15) is 28.8 Å². The Hall–Kier alpha value is -4.64. The SMILES string of the molecule is CC[C@H](C)[C@@H]([C@@H](CC(=O)N1CCC[C@H]1[C@H](OC)[C@@H](C)C(=O)N[C@@H](Cc1c[nH]c2ccccc12)C(=O)N1CCCCO1)OC)N(C)C(=O)[C@@H](NCCCCCCN1C(=O)C=CC1=O)C(C)C. The van der Waals surface area contributed by atoms with E-state index < -0.39 is 42.3 Å². The van der Waals surface area contributed by atoms with Crippen molar-refractivity contribution in [2.45, 2.75) is 142 Å². The van der Waals surface area contributed by atoms with Crippen molar-refractivity contribution in [1.29, 1.82) is 0 Å². The van der Waals surface area contributed by atoms with Gasteiger partial charge < -0.3 is 34.9 Å². The molecule has 0 radical (unpaired) electrons. The number of H-pyrrole nitrogens is 1. The van der Waals surface area contributed by atoms with E-state index >= 15 is 0 Å². The number of unbranched alkanes of at least 4 members (excludes halogenated alkanes) is 3. The highest BCUT2D eigenvalue weighted by Gasteiger charge is 2.43. The van der Waals surface area contributed by atoms with E-state index in [2.05, 4.69) is 29.5 Å². The minimum atomic E-state index is -0.887. The van der Waals surface area contributed by atoms with Crippen molar-refractivity contribution in [1.82, 2.24) is 35.4 Å². The summed E-state index contributed by atoms with van der Waals surface area (Å²) in [4.78, 5) is 94.4. The maximum Gasteiger partial charge on any atom is 0.269 e. The molecule has 2 fully saturated rings. The van der Waals surface area contributed by atoms with E-state index in [1.54, 1.807) is 33.1 Å². The molecule has 360 valence electrons. The number of imide groups is 1. The number of aromatic nitrogens is 1. The Morgan fingerprint density at radius 2 is 1.66 bits per heavy atom. The number of carbonyl (C=O) groups is 6. The third-order valence-electron chi connectivity index (χ3n) is 13.7. The maximum atomic E-state index is 14.4. The zero-order valence-corrected chi connectivity index (χ0v) is 40.0. The normalized spacial score (nSPS) is 20.0. The number of para-hydroxylation sites is 1. The number of ether oxygens (including phenoxy) is 2.